The van der Waals surface area contributed by atoms with E-state index in [1.807, 2.05) is 29.3 Å². The van der Waals surface area contributed by atoms with Crippen molar-refractivity contribution < 1.29 is 9.59 Å². The van der Waals surface area contributed by atoms with E-state index in [2.05, 4.69) is 61.5 Å². The predicted octanol–water partition coefficient (Wildman–Crippen LogP) is 5.66. The first-order chi connectivity index (χ1) is 20.5. The van der Waals surface area contributed by atoms with Crippen molar-refractivity contribution in [1.29, 1.82) is 0 Å². The summed E-state index contributed by atoms with van der Waals surface area (Å²) in [6.45, 7) is 1.90. The highest BCUT2D eigenvalue weighted by Gasteiger charge is 2.40. The molecule has 2 aliphatic carbocycles. The predicted molar refractivity (Wildman–Crippen MR) is 167 cm³/mol. The van der Waals surface area contributed by atoms with Gasteiger partial charge in [-0.1, -0.05) is 35.9 Å². The molecule has 218 valence electrons. The third-order valence-corrected chi connectivity index (χ3v) is 9.39. The second-order valence-electron chi connectivity index (χ2n) is 11.4. The zero-order valence-corrected chi connectivity index (χ0v) is 25.9. The lowest BCUT2D eigenvalue weighted by Crippen LogP contribution is -2.61. The van der Waals surface area contributed by atoms with E-state index < -0.39 is 6.04 Å². The van der Waals surface area contributed by atoms with Gasteiger partial charge in [-0.25, -0.2) is 0 Å². The van der Waals surface area contributed by atoms with Crippen LogP contribution in [0.5, 0.6) is 0 Å². The van der Waals surface area contributed by atoms with Crippen LogP contribution in [0.1, 0.15) is 59.7 Å². The molecule has 0 bridgehead atoms. The first kappa shape index (κ1) is 29.0. The Morgan fingerprint density at radius 2 is 1.98 bits per heavy atom. The van der Waals surface area contributed by atoms with Crippen LogP contribution in [0, 0.1) is 5.92 Å². The minimum Gasteiger partial charge on any atom is -0.350 e. The van der Waals surface area contributed by atoms with Crippen molar-refractivity contribution in [2.45, 2.75) is 57.2 Å². The molecule has 1 N–H and O–H groups in total. The number of rotatable bonds is 7. The number of amides is 2. The molecule has 42 heavy (non-hydrogen) atoms. The highest BCUT2D eigenvalue weighted by Crippen LogP contribution is 2.38. The number of fused-ring (bicyclic) bond motifs is 2. The average Bonchev–Trinajstić information content (AvgIpc) is 3.48. The SMILES string of the molecule is O=C(NCc1cccnc1)C1CN(C2c3ccc(Cl)cc3CCc3cc(Br)cnc32)CCN1C(=O)CCC1C=CCC1. The largest absolute Gasteiger partial charge is 0.350 e. The van der Waals surface area contributed by atoms with Crippen molar-refractivity contribution in [2.24, 2.45) is 5.92 Å². The Morgan fingerprint density at radius 3 is 2.79 bits per heavy atom. The topological polar surface area (TPSA) is 78.4 Å². The van der Waals surface area contributed by atoms with Gasteiger partial charge in [0.25, 0.3) is 0 Å². The van der Waals surface area contributed by atoms with Gasteiger partial charge in [-0.05, 0) is 100 Å². The molecule has 3 unspecified atom stereocenters. The van der Waals surface area contributed by atoms with Crippen LogP contribution in [0.4, 0.5) is 0 Å². The molecule has 3 aliphatic rings. The van der Waals surface area contributed by atoms with Crippen LogP contribution in [0.15, 0.2) is 71.6 Å². The molecule has 2 aromatic heterocycles. The molecule has 0 spiro atoms. The first-order valence-electron chi connectivity index (χ1n) is 14.8. The minimum atomic E-state index is -0.611. The maximum Gasteiger partial charge on any atom is 0.244 e. The van der Waals surface area contributed by atoms with Crippen LogP contribution in [0.3, 0.4) is 0 Å². The number of hydrogen-bond donors (Lipinski definition) is 1. The molecule has 7 nitrogen and oxygen atoms in total. The van der Waals surface area contributed by atoms with Crippen LogP contribution in [0.25, 0.3) is 0 Å². The van der Waals surface area contributed by atoms with Gasteiger partial charge in [0.1, 0.15) is 6.04 Å². The summed E-state index contributed by atoms with van der Waals surface area (Å²) >= 11 is 10.0. The molecule has 9 heteroatoms. The van der Waals surface area contributed by atoms with Crippen molar-refractivity contribution in [1.82, 2.24) is 25.1 Å². The van der Waals surface area contributed by atoms with E-state index in [0.29, 0.717) is 43.5 Å². The van der Waals surface area contributed by atoms with Gasteiger partial charge in [-0.15, -0.1) is 0 Å². The number of carbonyl (C=O) groups excluding carboxylic acids is 2. The van der Waals surface area contributed by atoms with Crippen LogP contribution >= 0.6 is 27.5 Å². The molecule has 1 aromatic carbocycles. The van der Waals surface area contributed by atoms with Crippen LogP contribution in [-0.2, 0) is 29.0 Å². The average molecular weight is 649 g/mol. The summed E-state index contributed by atoms with van der Waals surface area (Å²) in [6.07, 6.45) is 14.9. The van der Waals surface area contributed by atoms with E-state index in [0.717, 1.165) is 53.4 Å². The molecule has 3 heterocycles. The fraction of sp³-hybridized carbons (Fsp3) is 0.394. The lowest BCUT2D eigenvalue weighted by atomic mass is 9.94. The number of piperazine rings is 1. The Kier molecular flexibility index (Phi) is 9.03. The van der Waals surface area contributed by atoms with Gasteiger partial charge in [0.15, 0.2) is 0 Å². The van der Waals surface area contributed by atoms with Gasteiger partial charge in [0, 0.05) is 60.7 Å². The summed E-state index contributed by atoms with van der Waals surface area (Å²) in [5, 5.41) is 3.81. The van der Waals surface area contributed by atoms with Crippen molar-refractivity contribution in [2.75, 3.05) is 19.6 Å². The van der Waals surface area contributed by atoms with E-state index in [9.17, 15) is 9.59 Å². The van der Waals surface area contributed by atoms with Crippen LogP contribution < -0.4 is 5.32 Å². The van der Waals surface area contributed by atoms with E-state index in [1.165, 1.54) is 11.1 Å². The lowest BCUT2D eigenvalue weighted by molar-refractivity contribution is -0.144. The number of hydrogen-bond acceptors (Lipinski definition) is 5. The highest BCUT2D eigenvalue weighted by molar-refractivity contribution is 9.10. The van der Waals surface area contributed by atoms with Gasteiger partial charge in [-0.3, -0.25) is 24.5 Å². The number of allylic oxidation sites excluding steroid dienone is 2. The Labute approximate surface area is 260 Å². The number of halogens is 2. The van der Waals surface area contributed by atoms with Crippen molar-refractivity contribution in [3.8, 4) is 0 Å². The standard InChI is InChI=1S/C33H35BrClN5O2/c34-26-16-25-9-8-24-17-27(35)10-11-28(24)32(31(25)37-20-26)39-14-15-40(30(41)12-7-22-4-1-2-5-22)29(21-39)33(42)38-19-23-6-3-13-36-18-23/h1,3-4,6,10-11,13,16-18,20,22,29,32H,2,5,7-9,12,14-15,19,21H2,(H,38,42). The third kappa shape index (κ3) is 6.46. The molecular weight excluding hydrogens is 614 g/mol. The van der Waals surface area contributed by atoms with Crippen molar-refractivity contribution in [3.05, 3.63) is 105 Å². The summed E-state index contributed by atoms with van der Waals surface area (Å²) in [6, 6.07) is 11.3. The number of carbonyl (C=O) groups is 2. The van der Waals surface area contributed by atoms with Gasteiger partial charge >= 0.3 is 0 Å². The van der Waals surface area contributed by atoms with E-state index >= 15 is 0 Å². The molecular formula is C33H35BrClN5O2. The van der Waals surface area contributed by atoms with Gasteiger partial charge in [0.2, 0.25) is 11.8 Å². The Hall–Kier alpha value is -3.07. The monoisotopic (exact) mass is 647 g/mol. The van der Waals surface area contributed by atoms with Crippen LogP contribution in [0.2, 0.25) is 5.02 Å². The maximum absolute atomic E-state index is 13.8. The molecule has 6 rings (SSSR count). The van der Waals surface area contributed by atoms with Gasteiger partial charge in [0.05, 0.1) is 11.7 Å². The molecule has 2 amide bonds. The smallest absolute Gasteiger partial charge is 0.244 e. The van der Waals surface area contributed by atoms with Gasteiger partial charge < -0.3 is 10.2 Å². The number of aromatic nitrogens is 2. The second kappa shape index (κ2) is 13.1. The molecule has 0 saturated carbocycles. The normalized spacial score (nSPS) is 21.9. The molecule has 3 aromatic rings. The van der Waals surface area contributed by atoms with Crippen molar-refractivity contribution in [3.63, 3.8) is 0 Å². The number of nitrogens with zero attached hydrogens (tertiary/aromatic N) is 4. The lowest BCUT2D eigenvalue weighted by Gasteiger charge is -2.44. The summed E-state index contributed by atoms with van der Waals surface area (Å²) < 4.78 is 0.948. The fourth-order valence-electron chi connectivity index (χ4n) is 6.54. The summed E-state index contributed by atoms with van der Waals surface area (Å²) in [5.74, 6) is 0.350. The number of benzene rings is 1. The number of aryl methyl sites for hydroxylation is 2. The zero-order valence-electron chi connectivity index (χ0n) is 23.5. The Balaban J connectivity index is 1.29. The molecule has 1 aliphatic heterocycles. The van der Waals surface area contributed by atoms with Crippen LogP contribution in [-0.4, -0.2) is 57.3 Å². The van der Waals surface area contributed by atoms with E-state index in [1.54, 1.807) is 12.4 Å². The summed E-state index contributed by atoms with van der Waals surface area (Å²) in [4.78, 5) is 40.7. The fourth-order valence-corrected chi connectivity index (χ4v) is 7.11. The van der Waals surface area contributed by atoms with E-state index in [-0.39, 0.29) is 17.9 Å². The molecule has 1 fully saturated rings. The van der Waals surface area contributed by atoms with Crippen molar-refractivity contribution >= 4 is 39.3 Å². The Bertz CT molecular complexity index is 1430. The quantitative estimate of drug-likeness (QED) is 0.335. The summed E-state index contributed by atoms with van der Waals surface area (Å²) in [7, 11) is 0. The number of nitrogens with one attached hydrogen (secondary N) is 1. The molecule has 0 radical (unpaired) electrons. The van der Waals surface area contributed by atoms with Gasteiger partial charge in [-0.2, -0.15) is 0 Å². The van der Waals surface area contributed by atoms with E-state index in [4.69, 9.17) is 16.6 Å². The molecule has 3 atom stereocenters. The zero-order chi connectivity index (χ0) is 29.1. The molecule has 1 saturated heterocycles. The summed E-state index contributed by atoms with van der Waals surface area (Å²) in [5.41, 5.74) is 5.46. The minimum absolute atomic E-state index is 0.0481. The second-order valence-corrected chi connectivity index (χ2v) is 12.8. The Morgan fingerprint density at radius 1 is 1.10 bits per heavy atom. The highest BCUT2D eigenvalue weighted by atomic mass is 79.9. The first-order valence-corrected chi connectivity index (χ1v) is 15.9. The third-order valence-electron chi connectivity index (χ3n) is 8.72. The number of pyridine rings is 2. The maximum atomic E-state index is 13.8.